The second kappa shape index (κ2) is 9.51. The zero-order chi connectivity index (χ0) is 22.7. The van der Waals surface area contributed by atoms with E-state index >= 15 is 0 Å². The van der Waals surface area contributed by atoms with Gasteiger partial charge in [0.05, 0.1) is 0 Å². The number of phenols is 4. The number of phenolic OH excluding ortho intramolecular Hbond substituents is 4. The Hall–Kier alpha value is -3.22. The fourth-order valence-corrected chi connectivity index (χ4v) is 4.64. The van der Waals surface area contributed by atoms with Crippen LogP contribution in [0.1, 0.15) is 22.3 Å². The normalized spacial score (nSPS) is 18.8. The van der Waals surface area contributed by atoms with Crippen molar-refractivity contribution in [2.24, 2.45) is 11.8 Å². The first-order valence-electron chi connectivity index (χ1n) is 10.9. The van der Waals surface area contributed by atoms with Gasteiger partial charge in [-0.3, -0.25) is 5.32 Å². The maximum absolute atomic E-state index is 11.0. The van der Waals surface area contributed by atoms with Gasteiger partial charge in [-0.05, 0) is 78.1 Å². The number of hydrogen-bond donors (Lipinski definition) is 6. The molecule has 0 radical (unpaired) electrons. The first-order valence-corrected chi connectivity index (χ1v) is 10.9. The fraction of sp³-hybridized carbons (Fsp3) is 0.308. The highest BCUT2D eigenvalue weighted by atomic mass is 16.3. The Morgan fingerprint density at radius 2 is 1.34 bits per heavy atom. The molecule has 4 rings (SSSR count). The molecule has 0 bridgehead atoms. The Morgan fingerprint density at radius 3 is 2.00 bits per heavy atom. The van der Waals surface area contributed by atoms with E-state index < -0.39 is 6.23 Å². The molecule has 0 saturated carbocycles. The number of benzene rings is 3. The molecule has 6 nitrogen and oxygen atoms in total. The van der Waals surface area contributed by atoms with E-state index in [1.807, 2.05) is 18.2 Å². The molecule has 0 heterocycles. The van der Waals surface area contributed by atoms with Crippen LogP contribution < -0.4 is 5.32 Å². The van der Waals surface area contributed by atoms with Gasteiger partial charge in [-0.25, -0.2) is 0 Å². The molecule has 168 valence electrons. The third-order valence-corrected chi connectivity index (χ3v) is 6.41. The zero-order valence-corrected chi connectivity index (χ0v) is 17.8. The van der Waals surface area contributed by atoms with Crippen LogP contribution in [0, 0.1) is 11.8 Å². The number of aromatic hydroxyl groups is 4. The molecule has 0 spiro atoms. The monoisotopic (exact) mass is 435 g/mol. The number of hydrogen-bond acceptors (Lipinski definition) is 6. The molecule has 0 aromatic heterocycles. The van der Waals surface area contributed by atoms with Crippen molar-refractivity contribution in [3.63, 3.8) is 0 Å². The average molecular weight is 436 g/mol. The largest absolute Gasteiger partial charge is 0.504 e. The van der Waals surface area contributed by atoms with Gasteiger partial charge in [0.2, 0.25) is 0 Å². The van der Waals surface area contributed by atoms with E-state index in [0.717, 1.165) is 24.0 Å². The van der Waals surface area contributed by atoms with E-state index in [2.05, 4.69) is 17.4 Å². The summed E-state index contributed by atoms with van der Waals surface area (Å²) in [5.74, 6) is -0.426. The van der Waals surface area contributed by atoms with Crippen LogP contribution in [0.3, 0.4) is 0 Å². The van der Waals surface area contributed by atoms with Gasteiger partial charge in [0.25, 0.3) is 0 Å². The van der Waals surface area contributed by atoms with Crippen molar-refractivity contribution in [1.29, 1.82) is 0 Å². The SMILES string of the molecule is Oc1ccc(CCN[C@H](O)C2Cc3ccccc3CC2Cc2ccc(O)c(O)c2)cc1O. The topological polar surface area (TPSA) is 113 Å². The lowest BCUT2D eigenvalue weighted by Gasteiger charge is -2.36. The van der Waals surface area contributed by atoms with Crippen LogP contribution in [0.15, 0.2) is 60.7 Å². The van der Waals surface area contributed by atoms with Crippen molar-refractivity contribution in [3.05, 3.63) is 82.9 Å². The van der Waals surface area contributed by atoms with Gasteiger partial charge < -0.3 is 25.5 Å². The van der Waals surface area contributed by atoms with Crippen LogP contribution in [0.5, 0.6) is 23.0 Å². The lowest BCUT2D eigenvalue weighted by atomic mass is 9.72. The minimum Gasteiger partial charge on any atom is -0.504 e. The van der Waals surface area contributed by atoms with Crippen LogP contribution in [0.2, 0.25) is 0 Å². The summed E-state index contributed by atoms with van der Waals surface area (Å²) in [7, 11) is 0. The molecule has 32 heavy (non-hydrogen) atoms. The van der Waals surface area contributed by atoms with Crippen LogP contribution in [0.4, 0.5) is 0 Å². The smallest absolute Gasteiger partial charge is 0.157 e. The van der Waals surface area contributed by atoms with Crippen LogP contribution in [-0.4, -0.2) is 38.3 Å². The predicted octanol–water partition coefficient (Wildman–Crippen LogP) is 3.23. The molecular formula is C26H29NO5. The maximum atomic E-state index is 11.0. The number of rotatable bonds is 7. The van der Waals surface area contributed by atoms with E-state index in [4.69, 9.17) is 0 Å². The van der Waals surface area contributed by atoms with Crippen molar-refractivity contribution in [2.75, 3.05) is 6.54 Å². The molecule has 1 aliphatic rings. The summed E-state index contributed by atoms with van der Waals surface area (Å²) in [5, 5.41) is 52.9. The molecule has 2 unspecified atom stereocenters. The summed E-state index contributed by atoms with van der Waals surface area (Å²) in [6, 6.07) is 17.9. The maximum Gasteiger partial charge on any atom is 0.157 e. The Balaban J connectivity index is 1.46. The summed E-state index contributed by atoms with van der Waals surface area (Å²) >= 11 is 0. The molecule has 1 aliphatic carbocycles. The fourth-order valence-electron chi connectivity index (χ4n) is 4.64. The Morgan fingerprint density at radius 1 is 0.750 bits per heavy atom. The lowest BCUT2D eigenvalue weighted by molar-refractivity contribution is 0.0394. The van der Waals surface area contributed by atoms with Crippen LogP contribution >= 0.6 is 0 Å². The van der Waals surface area contributed by atoms with Crippen LogP contribution in [-0.2, 0) is 25.7 Å². The molecule has 0 saturated heterocycles. The van der Waals surface area contributed by atoms with Gasteiger partial charge in [-0.2, -0.15) is 0 Å². The quantitative estimate of drug-likeness (QED) is 0.251. The van der Waals surface area contributed by atoms with E-state index in [0.29, 0.717) is 19.4 Å². The Bertz CT molecular complexity index is 1080. The van der Waals surface area contributed by atoms with Crippen molar-refractivity contribution in [2.45, 2.75) is 31.9 Å². The van der Waals surface area contributed by atoms with E-state index in [9.17, 15) is 25.5 Å². The highest BCUT2D eigenvalue weighted by Crippen LogP contribution is 2.35. The Labute approximate surface area is 187 Å². The molecule has 6 N–H and O–H groups in total. The highest BCUT2D eigenvalue weighted by Gasteiger charge is 2.33. The minimum atomic E-state index is -0.718. The van der Waals surface area contributed by atoms with Crippen LogP contribution in [0.25, 0.3) is 0 Å². The number of aliphatic hydroxyl groups is 1. The van der Waals surface area contributed by atoms with E-state index in [1.165, 1.54) is 29.3 Å². The zero-order valence-electron chi connectivity index (χ0n) is 17.8. The third-order valence-electron chi connectivity index (χ3n) is 6.41. The van der Waals surface area contributed by atoms with Gasteiger partial charge in [0, 0.05) is 12.5 Å². The number of aliphatic hydroxyl groups excluding tert-OH is 1. The summed E-state index contributed by atoms with van der Waals surface area (Å²) in [4.78, 5) is 0. The van der Waals surface area contributed by atoms with Gasteiger partial charge in [0.1, 0.15) is 6.23 Å². The summed E-state index contributed by atoms with van der Waals surface area (Å²) in [6.45, 7) is 0.524. The average Bonchev–Trinajstić information content (AvgIpc) is 2.78. The second-order valence-electron chi connectivity index (χ2n) is 8.60. The molecule has 6 heteroatoms. The molecular weight excluding hydrogens is 406 g/mol. The van der Waals surface area contributed by atoms with Gasteiger partial charge in [-0.1, -0.05) is 36.4 Å². The van der Waals surface area contributed by atoms with Gasteiger partial charge >= 0.3 is 0 Å². The summed E-state index contributed by atoms with van der Waals surface area (Å²) in [6.07, 6.45) is 2.14. The summed E-state index contributed by atoms with van der Waals surface area (Å²) in [5.41, 5.74) is 4.31. The molecule has 0 amide bonds. The molecule has 3 atom stereocenters. The lowest BCUT2D eigenvalue weighted by Crippen LogP contribution is -2.44. The van der Waals surface area contributed by atoms with Gasteiger partial charge in [0.15, 0.2) is 23.0 Å². The number of nitrogens with one attached hydrogen (secondary N) is 1. The van der Waals surface area contributed by atoms with Crippen molar-refractivity contribution >= 4 is 0 Å². The first-order chi connectivity index (χ1) is 15.4. The standard InChI is InChI=1S/C26H29NO5/c28-22-7-5-16(12-24(22)30)9-10-27-26(32)21-15-19-4-2-1-3-18(19)14-20(21)11-17-6-8-23(29)25(31)13-17/h1-8,12-13,20-21,26-32H,9-11,14-15H2/t20?,21?,26-/m1/s1. The number of fused-ring (bicyclic) bond motifs is 1. The van der Waals surface area contributed by atoms with E-state index in [1.54, 1.807) is 12.1 Å². The Kier molecular flexibility index (Phi) is 6.53. The van der Waals surface area contributed by atoms with E-state index in [-0.39, 0.29) is 34.8 Å². The van der Waals surface area contributed by atoms with Gasteiger partial charge in [-0.15, -0.1) is 0 Å². The third kappa shape index (κ3) is 4.98. The highest BCUT2D eigenvalue weighted by molar-refractivity contribution is 5.41. The summed E-state index contributed by atoms with van der Waals surface area (Å²) < 4.78 is 0. The molecule has 0 fully saturated rings. The molecule has 3 aromatic carbocycles. The minimum absolute atomic E-state index is 0.0194. The molecule has 0 aliphatic heterocycles. The predicted molar refractivity (Wildman–Crippen MR) is 122 cm³/mol. The first kappa shape index (κ1) is 22.0. The molecule has 3 aromatic rings. The van der Waals surface area contributed by atoms with Crippen molar-refractivity contribution in [3.8, 4) is 23.0 Å². The second-order valence-corrected chi connectivity index (χ2v) is 8.60. The van der Waals surface area contributed by atoms with Crippen molar-refractivity contribution < 1.29 is 25.5 Å². The van der Waals surface area contributed by atoms with Crippen molar-refractivity contribution in [1.82, 2.24) is 5.32 Å².